The van der Waals surface area contributed by atoms with Crippen LogP contribution in [0.3, 0.4) is 0 Å². The van der Waals surface area contributed by atoms with Crippen LogP contribution in [0.4, 0.5) is 0 Å². The zero-order valence-electron chi connectivity index (χ0n) is 14.4. The molecule has 0 unspecified atom stereocenters. The first-order valence-electron chi connectivity index (χ1n) is 9.65. The zero-order valence-corrected chi connectivity index (χ0v) is 14.4. The molecular formula is C21H32O. The van der Waals surface area contributed by atoms with Crippen LogP contribution in [0.1, 0.15) is 71.6 Å². The van der Waals surface area contributed by atoms with Crippen LogP contribution in [0.25, 0.3) is 0 Å². The van der Waals surface area contributed by atoms with Gasteiger partial charge in [-0.15, -0.1) is 12.3 Å². The molecule has 0 saturated heterocycles. The first-order valence-corrected chi connectivity index (χ1v) is 9.65. The standard InChI is InChI=1S/C21H32O/c1-4-14-13-15-7-5-6-11-20(15,2)17-10-12-21(3)16(19(14)17)8-9-18(21)22/h1,14-19,22H,5-13H2,2-3H3/t14-,15-,16+,17+,18+,19+,20+,21+/m1/s1. The predicted molar refractivity (Wildman–Crippen MR) is 90.1 cm³/mol. The van der Waals surface area contributed by atoms with Gasteiger partial charge in [-0.3, -0.25) is 0 Å². The van der Waals surface area contributed by atoms with Gasteiger partial charge in [0.1, 0.15) is 0 Å². The largest absolute Gasteiger partial charge is 0.393 e. The summed E-state index contributed by atoms with van der Waals surface area (Å²) < 4.78 is 0. The van der Waals surface area contributed by atoms with Gasteiger partial charge in [-0.1, -0.05) is 26.7 Å². The van der Waals surface area contributed by atoms with Gasteiger partial charge >= 0.3 is 0 Å². The molecule has 4 aliphatic carbocycles. The molecule has 4 rings (SSSR count). The average Bonchev–Trinajstić information content (AvgIpc) is 2.82. The Hall–Kier alpha value is -0.480. The molecule has 4 saturated carbocycles. The Balaban J connectivity index is 1.72. The van der Waals surface area contributed by atoms with Crippen molar-refractivity contribution in [3.05, 3.63) is 0 Å². The number of fused-ring (bicyclic) bond motifs is 5. The fourth-order valence-corrected chi connectivity index (χ4v) is 7.45. The molecule has 8 atom stereocenters. The first-order chi connectivity index (χ1) is 10.5. The highest BCUT2D eigenvalue weighted by atomic mass is 16.3. The van der Waals surface area contributed by atoms with Gasteiger partial charge in [-0.05, 0) is 79.4 Å². The summed E-state index contributed by atoms with van der Waals surface area (Å²) in [5.74, 6) is 6.71. The monoisotopic (exact) mass is 300 g/mol. The van der Waals surface area contributed by atoms with Crippen LogP contribution in [0, 0.1) is 52.8 Å². The summed E-state index contributed by atoms with van der Waals surface area (Å²) in [6, 6.07) is 0. The van der Waals surface area contributed by atoms with E-state index in [1.807, 2.05) is 0 Å². The molecule has 1 N–H and O–H groups in total. The minimum Gasteiger partial charge on any atom is -0.393 e. The van der Waals surface area contributed by atoms with E-state index in [0.717, 1.165) is 18.3 Å². The molecule has 0 aliphatic heterocycles. The molecular weight excluding hydrogens is 268 g/mol. The van der Waals surface area contributed by atoms with Gasteiger partial charge in [0, 0.05) is 5.92 Å². The Bertz CT molecular complexity index is 491. The first kappa shape index (κ1) is 15.1. The fourth-order valence-electron chi connectivity index (χ4n) is 7.45. The molecule has 0 radical (unpaired) electrons. The second-order valence-corrected chi connectivity index (χ2v) is 9.39. The number of terminal acetylenes is 1. The molecule has 122 valence electrons. The van der Waals surface area contributed by atoms with E-state index in [1.165, 1.54) is 51.4 Å². The van der Waals surface area contributed by atoms with Crippen molar-refractivity contribution >= 4 is 0 Å². The normalized spacial score (nSPS) is 57.4. The SMILES string of the molecule is C#C[C@@H]1C[C@H]2CCCC[C@]2(C)[C@H]2CC[C@]3(C)[C@@H](O)CC[C@H]3[C@H]12. The topological polar surface area (TPSA) is 20.2 Å². The van der Waals surface area contributed by atoms with Crippen LogP contribution in [-0.4, -0.2) is 11.2 Å². The minimum atomic E-state index is -0.0891. The number of hydrogen-bond acceptors (Lipinski definition) is 1. The summed E-state index contributed by atoms with van der Waals surface area (Å²) in [6.07, 6.45) is 17.6. The number of aliphatic hydroxyl groups is 1. The van der Waals surface area contributed by atoms with E-state index in [0.29, 0.717) is 23.2 Å². The third-order valence-electron chi connectivity index (χ3n) is 8.80. The minimum absolute atomic E-state index is 0.0891. The molecule has 1 heteroatoms. The molecule has 0 spiro atoms. The van der Waals surface area contributed by atoms with Gasteiger partial charge in [-0.2, -0.15) is 0 Å². The Morgan fingerprint density at radius 1 is 0.955 bits per heavy atom. The van der Waals surface area contributed by atoms with Crippen LogP contribution >= 0.6 is 0 Å². The van der Waals surface area contributed by atoms with Crippen molar-refractivity contribution in [1.29, 1.82) is 0 Å². The molecule has 4 aliphatic rings. The second-order valence-electron chi connectivity index (χ2n) is 9.39. The van der Waals surface area contributed by atoms with E-state index < -0.39 is 0 Å². The lowest BCUT2D eigenvalue weighted by Crippen LogP contribution is -2.56. The Kier molecular flexibility index (Phi) is 3.43. The highest BCUT2D eigenvalue weighted by Gasteiger charge is 2.61. The fraction of sp³-hybridized carbons (Fsp3) is 0.905. The number of aliphatic hydroxyl groups excluding tert-OH is 1. The van der Waals surface area contributed by atoms with E-state index in [4.69, 9.17) is 6.42 Å². The third kappa shape index (κ3) is 1.83. The molecule has 0 aromatic heterocycles. The molecule has 0 aromatic carbocycles. The molecule has 22 heavy (non-hydrogen) atoms. The lowest BCUT2D eigenvalue weighted by Gasteiger charge is -2.61. The van der Waals surface area contributed by atoms with E-state index in [9.17, 15) is 5.11 Å². The van der Waals surface area contributed by atoms with Crippen molar-refractivity contribution in [2.75, 3.05) is 0 Å². The summed E-state index contributed by atoms with van der Waals surface area (Å²) in [4.78, 5) is 0. The predicted octanol–water partition coefficient (Wildman–Crippen LogP) is 4.64. The lowest BCUT2D eigenvalue weighted by molar-refractivity contribution is -0.135. The maximum absolute atomic E-state index is 10.6. The Labute approximate surface area is 136 Å². The van der Waals surface area contributed by atoms with Crippen molar-refractivity contribution in [3.8, 4) is 12.3 Å². The third-order valence-corrected chi connectivity index (χ3v) is 8.80. The van der Waals surface area contributed by atoms with Crippen LogP contribution in [0.2, 0.25) is 0 Å². The summed E-state index contributed by atoms with van der Waals surface area (Å²) >= 11 is 0. The van der Waals surface area contributed by atoms with Crippen molar-refractivity contribution in [3.63, 3.8) is 0 Å². The Morgan fingerprint density at radius 2 is 1.73 bits per heavy atom. The van der Waals surface area contributed by atoms with E-state index in [2.05, 4.69) is 19.8 Å². The second kappa shape index (κ2) is 5.01. The zero-order chi connectivity index (χ0) is 15.5. The van der Waals surface area contributed by atoms with Crippen molar-refractivity contribution in [2.45, 2.75) is 77.7 Å². The highest BCUT2D eigenvalue weighted by Crippen LogP contribution is 2.67. The van der Waals surface area contributed by atoms with E-state index in [-0.39, 0.29) is 11.5 Å². The van der Waals surface area contributed by atoms with E-state index >= 15 is 0 Å². The summed E-state index contributed by atoms with van der Waals surface area (Å²) in [7, 11) is 0. The van der Waals surface area contributed by atoms with Crippen molar-refractivity contribution in [1.82, 2.24) is 0 Å². The number of rotatable bonds is 0. The van der Waals surface area contributed by atoms with Crippen molar-refractivity contribution in [2.24, 2.45) is 40.4 Å². The van der Waals surface area contributed by atoms with Crippen LogP contribution in [0.5, 0.6) is 0 Å². The summed E-state index contributed by atoms with van der Waals surface area (Å²) in [6.45, 7) is 4.95. The van der Waals surface area contributed by atoms with Gasteiger partial charge in [0.25, 0.3) is 0 Å². The molecule has 0 amide bonds. The molecule has 0 bridgehead atoms. The number of hydrogen-bond donors (Lipinski definition) is 1. The van der Waals surface area contributed by atoms with Crippen LogP contribution < -0.4 is 0 Å². The van der Waals surface area contributed by atoms with Gasteiger partial charge < -0.3 is 5.11 Å². The quantitative estimate of drug-likeness (QED) is 0.646. The van der Waals surface area contributed by atoms with Gasteiger partial charge in [0.15, 0.2) is 0 Å². The van der Waals surface area contributed by atoms with Crippen LogP contribution in [-0.2, 0) is 0 Å². The van der Waals surface area contributed by atoms with E-state index in [1.54, 1.807) is 0 Å². The molecule has 0 aromatic rings. The van der Waals surface area contributed by atoms with Gasteiger partial charge in [-0.25, -0.2) is 0 Å². The average molecular weight is 300 g/mol. The van der Waals surface area contributed by atoms with Crippen molar-refractivity contribution < 1.29 is 5.11 Å². The lowest BCUT2D eigenvalue weighted by atomic mass is 9.43. The molecule has 1 nitrogen and oxygen atoms in total. The smallest absolute Gasteiger partial charge is 0.0596 e. The summed E-state index contributed by atoms with van der Waals surface area (Å²) in [5.41, 5.74) is 0.680. The highest BCUT2D eigenvalue weighted by molar-refractivity contribution is 5.15. The van der Waals surface area contributed by atoms with Gasteiger partial charge in [0.05, 0.1) is 6.10 Å². The molecule has 0 heterocycles. The summed E-state index contributed by atoms with van der Waals surface area (Å²) in [5, 5.41) is 10.6. The Morgan fingerprint density at radius 3 is 2.50 bits per heavy atom. The van der Waals surface area contributed by atoms with Gasteiger partial charge in [0.2, 0.25) is 0 Å². The molecule has 4 fully saturated rings. The maximum atomic E-state index is 10.6. The maximum Gasteiger partial charge on any atom is 0.0596 e. The van der Waals surface area contributed by atoms with Crippen LogP contribution in [0.15, 0.2) is 0 Å².